The summed E-state index contributed by atoms with van der Waals surface area (Å²) in [5.41, 5.74) is 11.3. The van der Waals surface area contributed by atoms with E-state index in [2.05, 4.69) is 196 Å². The van der Waals surface area contributed by atoms with Gasteiger partial charge in [0.15, 0.2) is 0 Å². The third kappa shape index (κ3) is 4.47. The third-order valence-electron chi connectivity index (χ3n) is 9.29. The predicted octanol–water partition coefficient (Wildman–Crippen LogP) is 11.7. The predicted molar refractivity (Wildman–Crippen MR) is 202 cm³/mol. The Morgan fingerprint density at radius 3 is 1.02 bits per heavy atom. The first-order valence-corrected chi connectivity index (χ1v) is 16.3. The van der Waals surface area contributed by atoms with Gasteiger partial charge in [0.1, 0.15) is 0 Å². The van der Waals surface area contributed by atoms with E-state index >= 15 is 0 Å². The lowest BCUT2D eigenvalue weighted by molar-refractivity contribution is 1.17. The SMILES string of the molecule is CC#Cc1ccc(N(c2ccc(-n3c4ccccc4c4ccccc43)cc2)c2ccc(-n3c4ccccc4c4ccccc43)cc2)cc1. The third-order valence-corrected chi connectivity index (χ3v) is 9.29. The Kier molecular flexibility index (Phi) is 6.59. The number of rotatable bonds is 5. The van der Waals surface area contributed by atoms with Crippen LogP contribution in [-0.4, -0.2) is 9.13 Å². The Hall–Kier alpha value is -6.50. The molecule has 3 nitrogen and oxygen atoms in total. The first-order valence-electron chi connectivity index (χ1n) is 16.3. The van der Waals surface area contributed by atoms with Crippen molar-refractivity contribution in [3.05, 3.63) is 175 Å². The van der Waals surface area contributed by atoms with Gasteiger partial charge >= 0.3 is 0 Å². The zero-order chi connectivity index (χ0) is 32.0. The second kappa shape index (κ2) is 11.4. The van der Waals surface area contributed by atoms with Crippen LogP contribution in [0.1, 0.15) is 12.5 Å². The molecule has 0 aliphatic rings. The molecule has 7 aromatic carbocycles. The molecule has 0 amide bonds. The van der Waals surface area contributed by atoms with Crippen LogP contribution in [0, 0.1) is 11.8 Å². The topological polar surface area (TPSA) is 13.1 Å². The van der Waals surface area contributed by atoms with Crippen LogP contribution in [-0.2, 0) is 0 Å². The Labute approximate surface area is 279 Å². The van der Waals surface area contributed by atoms with E-state index in [1.807, 2.05) is 6.92 Å². The Balaban J connectivity index is 1.16. The van der Waals surface area contributed by atoms with Gasteiger partial charge in [-0.25, -0.2) is 0 Å². The van der Waals surface area contributed by atoms with E-state index < -0.39 is 0 Å². The van der Waals surface area contributed by atoms with Crippen molar-refractivity contribution in [1.82, 2.24) is 9.13 Å². The van der Waals surface area contributed by atoms with Gasteiger partial charge in [0.25, 0.3) is 0 Å². The first kappa shape index (κ1) is 27.8. The first-order chi connectivity index (χ1) is 23.8. The van der Waals surface area contributed by atoms with Crippen molar-refractivity contribution in [3.8, 4) is 23.2 Å². The highest BCUT2D eigenvalue weighted by Crippen LogP contribution is 2.38. The van der Waals surface area contributed by atoms with Gasteiger partial charge in [-0.15, -0.1) is 5.92 Å². The molecule has 2 aromatic heterocycles. The molecule has 0 unspecified atom stereocenters. The minimum atomic E-state index is 1.00. The van der Waals surface area contributed by atoms with Crippen LogP contribution in [0.4, 0.5) is 17.1 Å². The fourth-order valence-corrected chi connectivity index (χ4v) is 7.19. The maximum absolute atomic E-state index is 3.18. The van der Waals surface area contributed by atoms with E-state index in [4.69, 9.17) is 0 Å². The number of nitrogens with zero attached hydrogens (tertiary/aromatic N) is 3. The maximum atomic E-state index is 3.18. The minimum Gasteiger partial charge on any atom is -0.311 e. The summed E-state index contributed by atoms with van der Waals surface area (Å²) in [6, 6.07) is 60.9. The molecule has 0 radical (unpaired) electrons. The molecule has 9 rings (SSSR count). The molecule has 0 saturated heterocycles. The number of hydrogen-bond donors (Lipinski definition) is 0. The number of para-hydroxylation sites is 4. The zero-order valence-corrected chi connectivity index (χ0v) is 26.5. The summed E-state index contributed by atoms with van der Waals surface area (Å²) >= 11 is 0. The van der Waals surface area contributed by atoms with Gasteiger partial charge in [-0.2, -0.15) is 0 Å². The van der Waals surface area contributed by atoms with Crippen LogP contribution in [0.5, 0.6) is 0 Å². The van der Waals surface area contributed by atoms with Crippen molar-refractivity contribution < 1.29 is 0 Å². The molecule has 9 aromatic rings. The average Bonchev–Trinajstić information content (AvgIpc) is 3.67. The fourth-order valence-electron chi connectivity index (χ4n) is 7.19. The number of aromatic nitrogens is 2. The summed E-state index contributed by atoms with van der Waals surface area (Å²) in [4.78, 5) is 2.31. The lowest BCUT2D eigenvalue weighted by atomic mass is 10.1. The second-order valence-electron chi connectivity index (χ2n) is 12.0. The van der Waals surface area contributed by atoms with Crippen LogP contribution in [0.25, 0.3) is 55.0 Å². The monoisotopic (exact) mass is 613 g/mol. The van der Waals surface area contributed by atoms with Gasteiger partial charge in [-0.05, 0) is 104 Å². The molecule has 0 saturated carbocycles. The Morgan fingerprint density at radius 2 is 0.688 bits per heavy atom. The van der Waals surface area contributed by atoms with Crippen LogP contribution in [0.2, 0.25) is 0 Å². The number of hydrogen-bond acceptors (Lipinski definition) is 1. The molecular weight excluding hydrogens is 583 g/mol. The van der Waals surface area contributed by atoms with Crippen molar-refractivity contribution in [3.63, 3.8) is 0 Å². The molecule has 0 aliphatic carbocycles. The smallest absolute Gasteiger partial charge is 0.0541 e. The average molecular weight is 614 g/mol. The van der Waals surface area contributed by atoms with Gasteiger partial charge in [0.2, 0.25) is 0 Å². The zero-order valence-electron chi connectivity index (χ0n) is 26.5. The summed E-state index contributed by atoms with van der Waals surface area (Å²) in [5, 5.41) is 5.05. The maximum Gasteiger partial charge on any atom is 0.0541 e. The molecule has 2 heterocycles. The van der Waals surface area contributed by atoms with E-state index in [1.54, 1.807) is 0 Å². The summed E-state index contributed by atoms with van der Waals surface area (Å²) in [6.45, 7) is 1.87. The quantitative estimate of drug-likeness (QED) is 0.176. The van der Waals surface area contributed by atoms with Gasteiger partial charge < -0.3 is 14.0 Å². The molecule has 48 heavy (non-hydrogen) atoms. The van der Waals surface area contributed by atoms with Crippen molar-refractivity contribution in [2.24, 2.45) is 0 Å². The second-order valence-corrected chi connectivity index (χ2v) is 12.0. The van der Waals surface area contributed by atoms with Crippen molar-refractivity contribution in [2.75, 3.05) is 4.90 Å². The van der Waals surface area contributed by atoms with E-state index in [9.17, 15) is 0 Å². The fraction of sp³-hybridized carbons (Fsp3) is 0.0222. The lowest BCUT2D eigenvalue weighted by Crippen LogP contribution is -2.10. The molecule has 226 valence electrons. The minimum absolute atomic E-state index is 1.00. The van der Waals surface area contributed by atoms with Crippen molar-refractivity contribution >= 4 is 60.7 Å². The highest BCUT2D eigenvalue weighted by Gasteiger charge is 2.17. The summed E-state index contributed by atoms with van der Waals surface area (Å²) in [6.07, 6.45) is 0. The van der Waals surface area contributed by atoms with E-state index in [0.717, 1.165) is 34.0 Å². The van der Waals surface area contributed by atoms with Gasteiger partial charge in [0, 0.05) is 55.5 Å². The normalized spacial score (nSPS) is 11.3. The van der Waals surface area contributed by atoms with Crippen LogP contribution in [0.3, 0.4) is 0 Å². The highest BCUT2D eigenvalue weighted by molar-refractivity contribution is 6.10. The van der Waals surface area contributed by atoms with E-state index in [-0.39, 0.29) is 0 Å². The van der Waals surface area contributed by atoms with Crippen molar-refractivity contribution in [1.29, 1.82) is 0 Å². The van der Waals surface area contributed by atoms with Crippen LogP contribution < -0.4 is 4.90 Å². The summed E-state index contributed by atoms with van der Waals surface area (Å²) in [5.74, 6) is 6.20. The lowest BCUT2D eigenvalue weighted by Gasteiger charge is -2.26. The van der Waals surface area contributed by atoms with Crippen LogP contribution in [0.15, 0.2) is 170 Å². The Morgan fingerprint density at radius 1 is 0.375 bits per heavy atom. The molecule has 0 N–H and O–H groups in total. The molecule has 0 atom stereocenters. The molecule has 0 fully saturated rings. The van der Waals surface area contributed by atoms with Gasteiger partial charge in [-0.3, -0.25) is 0 Å². The molecular formula is C45H31N3. The van der Waals surface area contributed by atoms with Crippen LogP contribution >= 0.6 is 0 Å². The van der Waals surface area contributed by atoms with Gasteiger partial charge in [0.05, 0.1) is 22.1 Å². The van der Waals surface area contributed by atoms with E-state index in [0.29, 0.717) is 0 Å². The number of anilines is 3. The molecule has 0 bridgehead atoms. The summed E-state index contributed by atoms with van der Waals surface area (Å²) in [7, 11) is 0. The molecule has 0 spiro atoms. The Bertz CT molecular complexity index is 2400. The molecule has 3 heteroatoms. The highest BCUT2D eigenvalue weighted by atomic mass is 15.1. The number of benzene rings is 7. The largest absolute Gasteiger partial charge is 0.311 e. The van der Waals surface area contributed by atoms with Gasteiger partial charge in [-0.1, -0.05) is 78.7 Å². The van der Waals surface area contributed by atoms with E-state index in [1.165, 1.54) is 43.6 Å². The molecule has 0 aliphatic heterocycles. The standard InChI is InChI=1S/C45H31N3/c1-2-11-32-20-22-33(23-21-32)46(34-24-28-36(29-25-34)47-42-16-7-3-12-38(42)39-13-4-8-17-43(39)47)35-26-30-37(31-27-35)48-44-18-9-5-14-40(44)41-15-6-10-19-45(41)48/h3-10,12-31H,1H3. The number of fused-ring (bicyclic) bond motifs is 6. The summed E-state index contributed by atoms with van der Waals surface area (Å²) < 4.78 is 4.72. The van der Waals surface area contributed by atoms with Crippen molar-refractivity contribution in [2.45, 2.75) is 6.92 Å².